The van der Waals surface area contributed by atoms with Gasteiger partial charge >= 0.3 is 35.0 Å². The van der Waals surface area contributed by atoms with Crippen LogP contribution in [0.1, 0.15) is 47.5 Å². The van der Waals surface area contributed by atoms with E-state index in [2.05, 4.69) is 46.5 Å². The molecule has 0 N–H and O–H groups in total. The van der Waals surface area contributed by atoms with Gasteiger partial charge in [0.25, 0.3) is 0 Å². The Hall–Kier alpha value is 1.41. The molecule has 0 radical (unpaired) electrons. The van der Waals surface area contributed by atoms with Crippen LogP contribution in [0.5, 0.6) is 0 Å². The van der Waals surface area contributed by atoms with Gasteiger partial charge in [0.2, 0.25) is 0 Å². The van der Waals surface area contributed by atoms with Crippen molar-refractivity contribution in [3.63, 3.8) is 0 Å². The molecule has 0 aromatic carbocycles. The zero-order valence-electron chi connectivity index (χ0n) is 10.2. The van der Waals surface area contributed by atoms with Gasteiger partial charge in [-0.05, 0) is 17.7 Å². The molecule has 0 aliphatic carbocycles. The van der Waals surface area contributed by atoms with Crippen LogP contribution in [-0.4, -0.2) is 11.3 Å². The average molecular weight is 364 g/mol. The normalized spacial score (nSPS) is 11.6. The van der Waals surface area contributed by atoms with Crippen molar-refractivity contribution in [3.05, 3.63) is 11.9 Å². The number of halogens is 2. The quantitative estimate of drug-likeness (QED) is 0.416. The standard InChI is InChI=1S/C11H23P.2ClH.Pd/c1-6-7-8-9-12(10(2)3)11(4)5;;;/h8-11H,6-7H2,1-5H3;2*1H;/q;;;+2/p-2. The third-order valence-corrected chi connectivity index (χ3v) is 4.87. The second-order valence-electron chi connectivity index (χ2n) is 3.85. The first-order valence-corrected chi connectivity index (χ1v) is 10.8. The van der Waals surface area contributed by atoms with Gasteiger partial charge in [-0.1, -0.05) is 60.9 Å². The summed E-state index contributed by atoms with van der Waals surface area (Å²) in [6, 6.07) is 0. The SMILES string of the molecule is CCCC=CP(C(C)C)C(C)C.[Cl][Pd][Cl]. The summed E-state index contributed by atoms with van der Waals surface area (Å²) in [5.41, 5.74) is 1.68. The summed E-state index contributed by atoms with van der Waals surface area (Å²) < 4.78 is 0. The molecule has 0 aliphatic rings. The van der Waals surface area contributed by atoms with Crippen molar-refractivity contribution in [2.45, 2.75) is 58.8 Å². The number of rotatable bonds is 5. The molecule has 0 saturated carbocycles. The van der Waals surface area contributed by atoms with Crippen LogP contribution in [0.25, 0.3) is 0 Å². The second kappa shape index (κ2) is 13.5. The van der Waals surface area contributed by atoms with Gasteiger partial charge in [0.1, 0.15) is 0 Å². The van der Waals surface area contributed by atoms with Crippen molar-refractivity contribution in [3.8, 4) is 0 Å². The predicted octanol–water partition coefficient (Wildman–Crippen LogP) is 5.98. The van der Waals surface area contributed by atoms with E-state index < -0.39 is 0 Å². The van der Waals surface area contributed by atoms with Gasteiger partial charge in [0.15, 0.2) is 0 Å². The number of hydrogen-bond donors (Lipinski definition) is 0. The molecule has 0 amide bonds. The maximum atomic E-state index is 4.81. The summed E-state index contributed by atoms with van der Waals surface area (Å²) in [5.74, 6) is 2.47. The van der Waals surface area contributed by atoms with E-state index >= 15 is 0 Å². The fourth-order valence-corrected chi connectivity index (χ4v) is 3.58. The molecule has 0 aromatic heterocycles. The average Bonchev–Trinajstić information content (AvgIpc) is 2.12. The van der Waals surface area contributed by atoms with E-state index in [1.807, 2.05) is 0 Å². The molecule has 4 heteroatoms. The van der Waals surface area contributed by atoms with Gasteiger partial charge in [-0.2, -0.15) is 0 Å². The van der Waals surface area contributed by atoms with Crippen LogP contribution in [0.4, 0.5) is 0 Å². The van der Waals surface area contributed by atoms with Crippen LogP contribution in [0.3, 0.4) is 0 Å². The molecule has 0 bridgehead atoms. The molecular formula is C11H23Cl2PPd. The first kappa shape index (κ1) is 18.8. The molecule has 0 atom stereocenters. The van der Waals surface area contributed by atoms with Gasteiger partial charge in [-0.15, -0.1) is 0 Å². The Bertz CT molecular complexity index is 142. The van der Waals surface area contributed by atoms with E-state index in [-0.39, 0.29) is 23.9 Å². The van der Waals surface area contributed by atoms with Crippen molar-refractivity contribution in [1.29, 1.82) is 0 Å². The summed E-state index contributed by atoms with van der Waals surface area (Å²) in [6.07, 6.45) is 4.89. The van der Waals surface area contributed by atoms with Crippen LogP contribution in [-0.2, 0) is 15.9 Å². The van der Waals surface area contributed by atoms with Crippen molar-refractivity contribution in [1.82, 2.24) is 0 Å². The maximum absolute atomic E-state index is 4.81. The van der Waals surface area contributed by atoms with Crippen LogP contribution in [0.15, 0.2) is 11.9 Å². The third kappa shape index (κ3) is 13.3. The Morgan fingerprint density at radius 3 is 1.80 bits per heavy atom. The Morgan fingerprint density at radius 1 is 1.13 bits per heavy atom. The summed E-state index contributed by atoms with van der Waals surface area (Å²) in [6.45, 7) is 11.6. The van der Waals surface area contributed by atoms with E-state index in [0.717, 1.165) is 11.3 Å². The predicted molar refractivity (Wildman–Crippen MR) is 72.9 cm³/mol. The van der Waals surface area contributed by atoms with Crippen molar-refractivity contribution in [2.75, 3.05) is 0 Å². The fraction of sp³-hybridized carbons (Fsp3) is 0.818. The molecule has 0 nitrogen and oxygen atoms in total. The van der Waals surface area contributed by atoms with Gasteiger partial charge < -0.3 is 0 Å². The van der Waals surface area contributed by atoms with E-state index in [0.29, 0.717) is 0 Å². The molecule has 15 heavy (non-hydrogen) atoms. The van der Waals surface area contributed by atoms with Crippen LogP contribution >= 0.6 is 27.0 Å². The topological polar surface area (TPSA) is 0 Å². The summed E-state index contributed by atoms with van der Waals surface area (Å²) in [5, 5.41) is 0. The van der Waals surface area contributed by atoms with Gasteiger partial charge in [-0.25, -0.2) is 0 Å². The van der Waals surface area contributed by atoms with Crippen molar-refractivity contribution < 1.29 is 15.9 Å². The molecule has 0 unspecified atom stereocenters. The Morgan fingerprint density at radius 2 is 1.53 bits per heavy atom. The molecule has 0 spiro atoms. The van der Waals surface area contributed by atoms with E-state index in [9.17, 15) is 0 Å². The molecule has 0 heterocycles. The van der Waals surface area contributed by atoms with Gasteiger partial charge in [0.05, 0.1) is 0 Å². The summed E-state index contributed by atoms with van der Waals surface area (Å²) in [7, 11) is 9.76. The van der Waals surface area contributed by atoms with Gasteiger partial charge in [-0.3, -0.25) is 0 Å². The molecule has 96 valence electrons. The Labute approximate surface area is 113 Å². The molecule has 0 saturated heterocycles. The first-order chi connectivity index (χ1) is 7.01. The van der Waals surface area contributed by atoms with Crippen LogP contribution in [0, 0.1) is 0 Å². The minimum atomic E-state index is -0.106. The second-order valence-corrected chi connectivity index (χ2v) is 9.47. The molecular weight excluding hydrogens is 340 g/mol. The Balaban J connectivity index is 0. The Kier molecular flexibility index (Phi) is 16.9. The number of hydrogen-bond acceptors (Lipinski definition) is 0. The number of allylic oxidation sites excluding steroid dienone is 1. The zero-order chi connectivity index (χ0) is 12.3. The number of unbranched alkanes of at least 4 members (excludes halogenated alkanes) is 1. The van der Waals surface area contributed by atoms with Gasteiger partial charge in [0, 0.05) is 0 Å². The first-order valence-electron chi connectivity index (χ1n) is 5.27. The van der Waals surface area contributed by atoms with E-state index in [1.54, 1.807) is 0 Å². The fourth-order valence-electron chi connectivity index (χ4n) is 1.30. The van der Waals surface area contributed by atoms with E-state index in [4.69, 9.17) is 19.1 Å². The van der Waals surface area contributed by atoms with Crippen LogP contribution < -0.4 is 0 Å². The monoisotopic (exact) mass is 362 g/mol. The molecule has 0 fully saturated rings. The van der Waals surface area contributed by atoms with Crippen LogP contribution in [0.2, 0.25) is 0 Å². The zero-order valence-corrected chi connectivity index (χ0v) is 14.2. The van der Waals surface area contributed by atoms with Crippen molar-refractivity contribution in [2.24, 2.45) is 0 Å². The summed E-state index contributed by atoms with van der Waals surface area (Å²) >= 11 is -0.106. The summed E-state index contributed by atoms with van der Waals surface area (Å²) in [4.78, 5) is 0. The third-order valence-electron chi connectivity index (χ3n) is 1.93. The molecule has 0 rings (SSSR count). The molecule has 0 aromatic rings. The van der Waals surface area contributed by atoms with E-state index in [1.165, 1.54) is 12.8 Å². The molecule has 0 aliphatic heterocycles. The minimum absolute atomic E-state index is 0.106. The van der Waals surface area contributed by atoms with Crippen molar-refractivity contribution >= 4 is 27.0 Å².